The lowest BCUT2D eigenvalue weighted by molar-refractivity contribution is -0.0438. The molecule has 3 aromatic heterocycles. The third-order valence-corrected chi connectivity index (χ3v) is 7.36. The molecule has 9 nitrogen and oxygen atoms in total. The lowest BCUT2D eigenvalue weighted by Crippen LogP contribution is -2.26. The molecule has 2 saturated carbocycles. The summed E-state index contributed by atoms with van der Waals surface area (Å²) in [6.07, 6.45) is 7.98. The molecule has 2 fully saturated rings. The van der Waals surface area contributed by atoms with Gasteiger partial charge in [-0.2, -0.15) is 0 Å². The summed E-state index contributed by atoms with van der Waals surface area (Å²) in [5.41, 5.74) is 10.2. The second-order valence-electron chi connectivity index (χ2n) is 10.2. The normalized spacial score (nSPS) is 17.4. The minimum atomic E-state index is -2.62. The van der Waals surface area contributed by atoms with E-state index in [1.807, 2.05) is 17.7 Å². The summed E-state index contributed by atoms with van der Waals surface area (Å²) in [5.74, 6) is -1.71. The lowest BCUT2D eigenvalue weighted by Gasteiger charge is -2.29. The highest BCUT2D eigenvalue weighted by atomic mass is 19.3. The Morgan fingerprint density at radius 1 is 1.13 bits per heavy atom. The fourth-order valence-electron chi connectivity index (χ4n) is 5.06. The van der Waals surface area contributed by atoms with Crippen molar-refractivity contribution in [3.05, 3.63) is 66.0 Å². The van der Waals surface area contributed by atoms with Crippen molar-refractivity contribution in [1.82, 2.24) is 29.3 Å². The van der Waals surface area contributed by atoms with E-state index in [1.54, 1.807) is 47.6 Å². The van der Waals surface area contributed by atoms with Crippen LogP contribution in [-0.2, 0) is 0 Å². The number of nitrogens with two attached hydrogens (primary N) is 1. The first kappa shape index (κ1) is 24.2. The van der Waals surface area contributed by atoms with Crippen LogP contribution >= 0.6 is 0 Å². The topological polar surface area (TPSA) is 117 Å². The van der Waals surface area contributed by atoms with Gasteiger partial charge >= 0.3 is 0 Å². The molecule has 38 heavy (non-hydrogen) atoms. The van der Waals surface area contributed by atoms with Gasteiger partial charge in [-0.1, -0.05) is 6.07 Å². The lowest BCUT2D eigenvalue weighted by atomic mass is 9.92. The minimum Gasteiger partial charge on any atom is -0.398 e. The molecule has 4 aromatic rings. The third-order valence-electron chi connectivity index (χ3n) is 7.36. The number of hydrogen-bond donors (Lipinski definition) is 2. The molecule has 2 aliphatic carbocycles. The number of halogens is 2. The van der Waals surface area contributed by atoms with E-state index in [0.717, 1.165) is 29.8 Å². The smallest absolute Gasteiger partial charge is 0.258 e. The number of alkyl halides is 2. The van der Waals surface area contributed by atoms with Crippen LogP contribution in [0.15, 0.2) is 49.2 Å². The number of aryl methyl sites for hydroxylation is 1. The average Bonchev–Trinajstić information content (AvgIpc) is 3.41. The van der Waals surface area contributed by atoms with Crippen molar-refractivity contribution in [3.8, 4) is 17.2 Å². The van der Waals surface area contributed by atoms with Gasteiger partial charge in [-0.25, -0.2) is 18.7 Å². The van der Waals surface area contributed by atoms with Crippen molar-refractivity contribution >= 4 is 17.4 Å². The molecular formula is C27H28F2N8O. The molecule has 11 heteroatoms. The van der Waals surface area contributed by atoms with Crippen LogP contribution in [0.3, 0.4) is 0 Å². The molecule has 0 bridgehead atoms. The fraction of sp³-hybridized carbons (Fsp3) is 0.370. The summed E-state index contributed by atoms with van der Waals surface area (Å²) in [4.78, 5) is 22.3. The standard InChI is InChI=1S/C27H28F2N8O/c1-16-11-20(30)19(12-23(16)36-13-22(31-14-36)17-5-6-17)26(38)34-24-4-2-3-21(33-24)25-35-32-15-37(25)18-7-9-27(28,29)10-8-18/h2-4,11-15,17-18H,5-10,30H2,1H3,(H,33,34,38). The number of pyridine rings is 1. The number of nitrogens with one attached hydrogen (secondary N) is 1. The van der Waals surface area contributed by atoms with Gasteiger partial charge < -0.3 is 20.2 Å². The van der Waals surface area contributed by atoms with E-state index in [0.29, 0.717) is 47.3 Å². The summed E-state index contributed by atoms with van der Waals surface area (Å²) in [6.45, 7) is 1.94. The summed E-state index contributed by atoms with van der Waals surface area (Å²) >= 11 is 0. The van der Waals surface area contributed by atoms with Crippen molar-refractivity contribution in [2.45, 2.75) is 63.3 Å². The highest BCUT2D eigenvalue weighted by Gasteiger charge is 2.36. The molecule has 1 aromatic carbocycles. The number of aromatic nitrogens is 6. The minimum absolute atomic E-state index is 0.131. The molecule has 0 radical (unpaired) electrons. The first-order chi connectivity index (χ1) is 18.3. The van der Waals surface area contributed by atoms with Crippen molar-refractivity contribution in [3.63, 3.8) is 0 Å². The van der Waals surface area contributed by atoms with Gasteiger partial charge in [-0.15, -0.1) is 10.2 Å². The Kier molecular flexibility index (Phi) is 5.93. The van der Waals surface area contributed by atoms with E-state index in [2.05, 4.69) is 25.5 Å². The number of amides is 1. The monoisotopic (exact) mass is 518 g/mol. The molecule has 2 aliphatic rings. The fourth-order valence-corrected chi connectivity index (χ4v) is 5.06. The zero-order valence-electron chi connectivity index (χ0n) is 20.9. The first-order valence-electron chi connectivity index (χ1n) is 12.8. The van der Waals surface area contributed by atoms with E-state index in [9.17, 15) is 13.6 Å². The number of nitrogen functional groups attached to an aromatic ring is 1. The molecule has 0 unspecified atom stereocenters. The van der Waals surface area contributed by atoms with Gasteiger partial charge in [0.15, 0.2) is 5.82 Å². The van der Waals surface area contributed by atoms with Crippen LogP contribution in [0, 0.1) is 6.92 Å². The maximum Gasteiger partial charge on any atom is 0.258 e. The second kappa shape index (κ2) is 9.30. The quantitative estimate of drug-likeness (QED) is 0.335. The SMILES string of the molecule is Cc1cc(N)c(C(=O)Nc2cccc(-c3nncn3C3CCC(F)(F)CC3)n2)cc1-n1cnc(C2CC2)c1. The summed E-state index contributed by atoms with van der Waals surface area (Å²) in [5, 5.41) is 11.0. The van der Waals surface area contributed by atoms with Crippen molar-refractivity contribution in [2.24, 2.45) is 0 Å². The number of carbonyl (C=O) groups excluding carboxylic acids is 1. The van der Waals surface area contributed by atoms with E-state index in [1.165, 1.54) is 0 Å². The van der Waals surface area contributed by atoms with Gasteiger partial charge in [0.2, 0.25) is 5.92 Å². The number of imidazole rings is 1. The molecule has 0 atom stereocenters. The molecule has 0 spiro atoms. The maximum atomic E-state index is 13.7. The number of nitrogens with zero attached hydrogens (tertiary/aromatic N) is 6. The van der Waals surface area contributed by atoms with E-state index in [-0.39, 0.29) is 18.9 Å². The van der Waals surface area contributed by atoms with Crippen LogP contribution in [-0.4, -0.2) is 41.1 Å². The molecular weight excluding hydrogens is 490 g/mol. The van der Waals surface area contributed by atoms with Gasteiger partial charge in [0, 0.05) is 36.7 Å². The van der Waals surface area contributed by atoms with Crippen molar-refractivity contribution < 1.29 is 13.6 Å². The predicted molar refractivity (Wildman–Crippen MR) is 138 cm³/mol. The highest BCUT2D eigenvalue weighted by Crippen LogP contribution is 2.40. The first-order valence-corrected chi connectivity index (χ1v) is 12.8. The van der Waals surface area contributed by atoms with Crippen LogP contribution in [0.5, 0.6) is 0 Å². The molecule has 0 saturated heterocycles. The van der Waals surface area contributed by atoms with Gasteiger partial charge in [-0.3, -0.25) is 4.79 Å². The Labute approximate surface area is 218 Å². The number of rotatable bonds is 6. The largest absolute Gasteiger partial charge is 0.398 e. The summed E-state index contributed by atoms with van der Waals surface area (Å²) in [6, 6.07) is 8.59. The van der Waals surface area contributed by atoms with Crippen molar-refractivity contribution in [2.75, 3.05) is 11.1 Å². The van der Waals surface area contributed by atoms with E-state index < -0.39 is 11.8 Å². The Morgan fingerprint density at radius 2 is 1.92 bits per heavy atom. The van der Waals surface area contributed by atoms with Gasteiger partial charge in [-0.05, 0) is 62.4 Å². The number of anilines is 2. The number of hydrogen-bond acceptors (Lipinski definition) is 6. The van der Waals surface area contributed by atoms with Crippen LogP contribution in [0.25, 0.3) is 17.2 Å². The van der Waals surface area contributed by atoms with Crippen LogP contribution in [0.4, 0.5) is 20.3 Å². The van der Waals surface area contributed by atoms with Gasteiger partial charge in [0.25, 0.3) is 5.91 Å². The molecule has 3 N–H and O–H groups in total. The molecule has 196 valence electrons. The average molecular weight is 519 g/mol. The Balaban J connectivity index is 1.23. The molecule has 1 amide bonds. The number of benzene rings is 1. The molecule has 6 rings (SSSR count). The van der Waals surface area contributed by atoms with E-state index in [4.69, 9.17) is 5.73 Å². The van der Waals surface area contributed by atoms with Crippen molar-refractivity contribution in [1.29, 1.82) is 0 Å². The highest BCUT2D eigenvalue weighted by molar-refractivity contribution is 6.08. The summed E-state index contributed by atoms with van der Waals surface area (Å²) < 4.78 is 31.0. The van der Waals surface area contributed by atoms with Gasteiger partial charge in [0.1, 0.15) is 17.8 Å². The second-order valence-corrected chi connectivity index (χ2v) is 10.2. The molecule has 3 heterocycles. The summed E-state index contributed by atoms with van der Waals surface area (Å²) in [7, 11) is 0. The third kappa shape index (κ3) is 4.75. The maximum absolute atomic E-state index is 13.7. The Hall–Kier alpha value is -4.15. The van der Waals surface area contributed by atoms with Crippen LogP contribution < -0.4 is 11.1 Å². The zero-order chi connectivity index (χ0) is 26.4. The Morgan fingerprint density at radius 3 is 2.68 bits per heavy atom. The van der Waals surface area contributed by atoms with Crippen LogP contribution in [0.1, 0.15) is 72.1 Å². The van der Waals surface area contributed by atoms with Gasteiger partial charge in [0.05, 0.1) is 23.3 Å². The Bertz CT molecular complexity index is 1500. The predicted octanol–water partition coefficient (Wildman–Crippen LogP) is 5.30. The van der Waals surface area contributed by atoms with Crippen LogP contribution in [0.2, 0.25) is 0 Å². The number of carbonyl (C=O) groups is 1. The molecule has 0 aliphatic heterocycles. The zero-order valence-corrected chi connectivity index (χ0v) is 20.9. The van der Waals surface area contributed by atoms with E-state index >= 15 is 0 Å².